The first kappa shape index (κ1) is 9.09. The van der Waals surface area contributed by atoms with E-state index in [4.69, 9.17) is 16.4 Å². The van der Waals surface area contributed by atoms with Gasteiger partial charge in [-0.15, -0.1) is 6.42 Å². The Morgan fingerprint density at radius 2 is 2.38 bits per heavy atom. The third-order valence-corrected chi connectivity index (χ3v) is 1.40. The summed E-state index contributed by atoms with van der Waals surface area (Å²) in [6.45, 7) is 1.76. The van der Waals surface area contributed by atoms with Gasteiger partial charge in [-0.25, -0.2) is 4.98 Å². The Balaban J connectivity index is 2.72. The molecule has 1 heterocycles. The second-order valence-electron chi connectivity index (χ2n) is 2.42. The summed E-state index contributed by atoms with van der Waals surface area (Å²) in [6.07, 6.45) is 6.32. The molecular weight excluding hydrogens is 164 g/mol. The lowest BCUT2D eigenvalue weighted by Gasteiger charge is -2.07. The van der Waals surface area contributed by atoms with Gasteiger partial charge in [0.1, 0.15) is 17.5 Å². The zero-order valence-electron chi connectivity index (χ0n) is 7.19. The van der Waals surface area contributed by atoms with Gasteiger partial charge in [-0.3, -0.25) is 0 Å². The van der Waals surface area contributed by atoms with Crippen LogP contribution in [0.3, 0.4) is 0 Å². The predicted molar refractivity (Wildman–Crippen MR) is 47.9 cm³/mol. The molecule has 1 atom stereocenters. The summed E-state index contributed by atoms with van der Waals surface area (Å²) in [5, 5.41) is 8.47. The molecule has 0 saturated heterocycles. The van der Waals surface area contributed by atoms with Crippen molar-refractivity contribution in [1.82, 2.24) is 4.98 Å². The number of pyridine rings is 1. The highest BCUT2D eigenvalue weighted by Crippen LogP contribution is 2.10. The van der Waals surface area contributed by atoms with Crippen LogP contribution < -0.4 is 4.74 Å². The van der Waals surface area contributed by atoms with Crippen LogP contribution in [0.5, 0.6) is 5.75 Å². The molecule has 0 fully saturated rings. The summed E-state index contributed by atoms with van der Waals surface area (Å²) in [5.74, 6) is 3.00. The summed E-state index contributed by atoms with van der Waals surface area (Å²) >= 11 is 0. The van der Waals surface area contributed by atoms with Gasteiger partial charge in [0.25, 0.3) is 0 Å². The van der Waals surface area contributed by atoms with E-state index in [1.807, 2.05) is 6.07 Å². The van der Waals surface area contributed by atoms with Gasteiger partial charge in [0.05, 0.1) is 6.20 Å². The molecule has 1 aromatic rings. The predicted octanol–water partition coefficient (Wildman–Crippen LogP) is 1.35. The van der Waals surface area contributed by atoms with Crippen molar-refractivity contribution in [1.29, 1.82) is 5.26 Å². The zero-order chi connectivity index (χ0) is 9.68. The quantitative estimate of drug-likeness (QED) is 0.632. The average molecular weight is 172 g/mol. The number of hydrogen-bond acceptors (Lipinski definition) is 3. The van der Waals surface area contributed by atoms with Crippen molar-refractivity contribution in [2.24, 2.45) is 0 Å². The van der Waals surface area contributed by atoms with Gasteiger partial charge < -0.3 is 4.74 Å². The molecule has 0 N–H and O–H groups in total. The van der Waals surface area contributed by atoms with Crippen LogP contribution in [0.4, 0.5) is 0 Å². The van der Waals surface area contributed by atoms with Crippen molar-refractivity contribution in [3.8, 4) is 24.2 Å². The lowest BCUT2D eigenvalue weighted by Crippen LogP contribution is -2.08. The Morgan fingerprint density at radius 1 is 1.62 bits per heavy atom. The van der Waals surface area contributed by atoms with E-state index in [0.717, 1.165) is 0 Å². The fraction of sp³-hybridized carbons (Fsp3) is 0.200. The van der Waals surface area contributed by atoms with E-state index < -0.39 is 0 Å². The maximum absolute atomic E-state index is 8.47. The van der Waals surface area contributed by atoms with Gasteiger partial charge in [-0.2, -0.15) is 5.26 Å². The van der Waals surface area contributed by atoms with Crippen LogP contribution in [0.1, 0.15) is 12.6 Å². The molecule has 0 aromatic carbocycles. The standard InChI is InChI=1S/C10H8N2O/c1-3-8(2)13-10-5-4-9(6-11)12-7-10/h1,4-5,7-8H,2H3. The minimum atomic E-state index is -0.283. The zero-order valence-corrected chi connectivity index (χ0v) is 7.19. The Hall–Kier alpha value is -2.00. The average Bonchev–Trinajstić information content (AvgIpc) is 2.19. The van der Waals surface area contributed by atoms with Crippen LogP contribution in [0, 0.1) is 23.7 Å². The third-order valence-electron chi connectivity index (χ3n) is 1.40. The molecule has 0 bridgehead atoms. The molecule has 1 rings (SSSR count). The summed E-state index contributed by atoms with van der Waals surface area (Å²) < 4.78 is 5.25. The van der Waals surface area contributed by atoms with Crippen molar-refractivity contribution in [2.75, 3.05) is 0 Å². The van der Waals surface area contributed by atoms with Gasteiger partial charge >= 0.3 is 0 Å². The molecule has 0 saturated carbocycles. The molecule has 3 nitrogen and oxygen atoms in total. The molecule has 0 amide bonds. The number of nitrogens with zero attached hydrogens (tertiary/aromatic N) is 2. The number of aromatic nitrogens is 1. The number of nitriles is 1. The van der Waals surface area contributed by atoms with Gasteiger partial charge in [-0.05, 0) is 19.1 Å². The fourth-order valence-electron chi connectivity index (χ4n) is 0.754. The fourth-order valence-corrected chi connectivity index (χ4v) is 0.754. The Labute approximate surface area is 77.0 Å². The van der Waals surface area contributed by atoms with Gasteiger partial charge in [0.2, 0.25) is 0 Å². The second kappa shape index (κ2) is 4.13. The first-order valence-corrected chi connectivity index (χ1v) is 3.75. The van der Waals surface area contributed by atoms with Crippen molar-refractivity contribution in [2.45, 2.75) is 13.0 Å². The molecule has 1 unspecified atom stereocenters. The first-order chi connectivity index (χ1) is 6.26. The van der Waals surface area contributed by atoms with Crippen LogP contribution in [0.25, 0.3) is 0 Å². The molecule has 0 spiro atoms. The highest BCUT2D eigenvalue weighted by atomic mass is 16.5. The molecular formula is C10H8N2O. The van der Waals surface area contributed by atoms with Crippen LogP contribution in [-0.4, -0.2) is 11.1 Å². The smallest absolute Gasteiger partial charge is 0.156 e. The highest BCUT2D eigenvalue weighted by molar-refractivity contribution is 5.27. The Kier molecular flexibility index (Phi) is 2.89. The lowest BCUT2D eigenvalue weighted by atomic mass is 10.3. The van der Waals surface area contributed by atoms with E-state index in [0.29, 0.717) is 11.4 Å². The van der Waals surface area contributed by atoms with Crippen molar-refractivity contribution in [3.05, 3.63) is 24.0 Å². The number of rotatable bonds is 2. The first-order valence-electron chi connectivity index (χ1n) is 3.75. The van der Waals surface area contributed by atoms with E-state index in [-0.39, 0.29) is 6.10 Å². The summed E-state index contributed by atoms with van der Waals surface area (Å²) in [7, 11) is 0. The third kappa shape index (κ3) is 2.50. The molecule has 13 heavy (non-hydrogen) atoms. The van der Waals surface area contributed by atoms with E-state index >= 15 is 0 Å². The van der Waals surface area contributed by atoms with Gasteiger partial charge in [0, 0.05) is 0 Å². The van der Waals surface area contributed by atoms with E-state index in [1.165, 1.54) is 6.20 Å². The SMILES string of the molecule is C#CC(C)Oc1ccc(C#N)nc1. The van der Waals surface area contributed by atoms with E-state index in [1.54, 1.807) is 19.1 Å². The van der Waals surface area contributed by atoms with Crippen LogP contribution >= 0.6 is 0 Å². The topological polar surface area (TPSA) is 45.9 Å². The van der Waals surface area contributed by atoms with Crippen LogP contribution in [0.2, 0.25) is 0 Å². The summed E-state index contributed by atoms with van der Waals surface area (Å²) in [5.41, 5.74) is 0.362. The van der Waals surface area contributed by atoms with E-state index in [9.17, 15) is 0 Å². The molecule has 0 aliphatic heterocycles. The number of terminal acetylenes is 1. The molecule has 3 heteroatoms. The van der Waals surface area contributed by atoms with Gasteiger partial charge in [0.15, 0.2) is 6.10 Å². The highest BCUT2D eigenvalue weighted by Gasteiger charge is 1.99. The normalized spacial score (nSPS) is 11.0. The maximum atomic E-state index is 8.47. The minimum Gasteiger partial charge on any atom is -0.476 e. The molecule has 64 valence electrons. The largest absolute Gasteiger partial charge is 0.476 e. The molecule has 0 aliphatic rings. The monoisotopic (exact) mass is 172 g/mol. The number of ether oxygens (including phenoxy) is 1. The summed E-state index contributed by atoms with van der Waals surface area (Å²) in [4.78, 5) is 3.83. The number of hydrogen-bond donors (Lipinski definition) is 0. The minimum absolute atomic E-state index is 0.283. The maximum Gasteiger partial charge on any atom is 0.156 e. The Morgan fingerprint density at radius 3 is 2.85 bits per heavy atom. The van der Waals surface area contributed by atoms with Gasteiger partial charge in [-0.1, -0.05) is 5.92 Å². The Bertz CT molecular complexity index is 356. The molecule has 1 aromatic heterocycles. The van der Waals surface area contributed by atoms with Crippen molar-refractivity contribution < 1.29 is 4.74 Å². The molecule has 0 radical (unpaired) electrons. The van der Waals surface area contributed by atoms with Crippen LogP contribution in [0.15, 0.2) is 18.3 Å². The molecule has 0 aliphatic carbocycles. The van der Waals surface area contributed by atoms with Crippen LogP contribution in [-0.2, 0) is 0 Å². The van der Waals surface area contributed by atoms with Crippen molar-refractivity contribution >= 4 is 0 Å². The van der Waals surface area contributed by atoms with Crippen molar-refractivity contribution in [3.63, 3.8) is 0 Å². The van der Waals surface area contributed by atoms with E-state index in [2.05, 4.69) is 10.9 Å². The summed E-state index contributed by atoms with van der Waals surface area (Å²) in [6, 6.07) is 5.16. The second-order valence-corrected chi connectivity index (χ2v) is 2.42. The lowest BCUT2D eigenvalue weighted by molar-refractivity contribution is 0.278.